The second-order valence-corrected chi connectivity index (χ2v) is 14.0. The molecule has 0 saturated carbocycles. The molecule has 0 aliphatic rings. The molecule has 3 N–H and O–H groups in total. The van der Waals surface area contributed by atoms with E-state index >= 15 is 0 Å². The summed E-state index contributed by atoms with van der Waals surface area (Å²) >= 11 is 0. The van der Waals surface area contributed by atoms with E-state index in [1.807, 2.05) is 70.2 Å². The Hall–Kier alpha value is -5.43. The lowest BCUT2D eigenvalue weighted by Gasteiger charge is -2.27. The third-order valence-corrected chi connectivity index (χ3v) is 8.54. The van der Waals surface area contributed by atoms with Gasteiger partial charge in [0.05, 0.1) is 0 Å². The summed E-state index contributed by atoms with van der Waals surface area (Å²) in [5, 5.41) is 31.5. The quantitative estimate of drug-likeness (QED) is 0.0526. The van der Waals surface area contributed by atoms with E-state index in [4.69, 9.17) is 28.4 Å². The fourth-order valence-corrected chi connectivity index (χ4v) is 5.50. The number of benzene rings is 3. The van der Waals surface area contributed by atoms with Gasteiger partial charge in [-0.1, -0.05) is 50.1 Å². The maximum absolute atomic E-state index is 11.9. The number of rotatable bonds is 21. The Morgan fingerprint density at radius 1 is 0.500 bits per heavy atom. The van der Waals surface area contributed by atoms with Gasteiger partial charge in [-0.15, -0.1) is 0 Å². The summed E-state index contributed by atoms with van der Waals surface area (Å²) in [7, 11) is 0. The van der Waals surface area contributed by atoms with Gasteiger partial charge in [-0.25, -0.2) is 14.4 Å². The van der Waals surface area contributed by atoms with E-state index in [1.165, 1.54) is 20.8 Å². The topological polar surface area (TPSA) is 167 Å². The largest absolute Gasteiger partial charge is 0.490 e. The standard InChI is InChI=1S/C44H54O12/c1-25(2)42(48)54-22-32(45)19-51-38-14-12-11-13-35(38)41(36-15-30(9)39(17-28(36)7)52-20-33(46)23-55-43(49)26(3)4)37-16-31(10)40(18-29(37)8)53-21-34(47)24-56-44(50)27(5)6/h11-18,32-34,41,45-47H,1,3,5,19-24H2,2,4,6-10H3. The highest BCUT2D eigenvalue weighted by molar-refractivity contribution is 5.87. The number of hydrogen-bond donors (Lipinski definition) is 3. The first kappa shape index (κ1) is 45.0. The zero-order valence-corrected chi connectivity index (χ0v) is 33.3. The smallest absolute Gasteiger partial charge is 0.333 e. The minimum Gasteiger partial charge on any atom is -0.490 e. The molecule has 0 spiro atoms. The minimum atomic E-state index is -1.11. The number of para-hydroxylation sites is 1. The number of aryl methyl sites for hydroxylation is 4. The van der Waals surface area contributed by atoms with Crippen LogP contribution in [-0.2, 0) is 28.6 Å². The molecule has 3 aromatic carbocycles. The van der Waals surface area contributed by atoms with E-state index in [0.29, 0.717) is 17.2 Å². The van der Waals surface area contributed by atoms with Gasteiger partial charge in [-0.3, -0.25) is 0 Å². The molecule has 12 nitrogen and oxygen atoms in total. The van der Waals surface area contributed by atoms with Crippen LogP contribution >= 0.6 is 0 Å². The fourth-order valence-electron chi connectivity index (χ4n) is 5.50. The van der Waals surface area contributed by atoms with E-state index in [2.05, 4.69) is 19.7 Å². The molecule has 0 heterocycles. The second kappa shape index (κ2) is 21.0. The molecule has 302 valence electrons. The van der Waals surface area contributed by atoms with Crippen LogP contribution in [0.25, 0.3) is 0 Å². The maximum Gasteiger partial charge on any atom is 0.333 e. The molecule has 0 aromatic heterocycles. The van der Waals surface area contributed by atoms with Crippen molar-refractivity contribution < 1.29 is 58.1 Å². The van der Waals surface area contributed by atoms with Crippen LogP contribution in [0, 0.1) is 27.7 Å². The van der Waals surface area contributed by atoms with E-state index in [-0.39, 0.29) is 56.4 Å². The summed E-state index contributed by atoms with van der Waals surface area (Å²) in [5.74, 6) is -0.640. The number of aliphatic hydroxyl groups excluding tert-OH is 3. The lowest BCUT2D eigenvalue weighted by atomic mass is 9.79. The van der Waals surface area contributed by atoms with Crippen molar-refractivity contribution in [2.24, 2.45) is 0 Å². The van der Waals surface area contributed by atoms with Crippen molar-refractivity contribution in [3.8, 4) is 17.2 Å². The highest BCUT2D eigenvalue weighted by Crippen LogP contribution is 2.43. The minimum absolute atomic E-state index is 0.113. The van der Waals surface area contributed by atoms with E-state index in [1.54, 1.807) is 6.07 Å². The zero-order chi connectivity index (χ0) is 41.7. The fraction of sp³-hybridized carbons (Fsp3) is 0.386. The van der Waals surface area contributed by atoms with Crippen LogP contribution in [0.15, 0.2) is 85.0 Å². The zero-order valence-electron chi connectivity index (χ0n) is 33.3. The average Bonchev–Trinajstić information content (AvgIpc) is 3.15. The Kier molecular flexibility index (Phi) is 16.9. The molecule has 56 heavy (non-hydrogen) atoms. The van der Waals surface area contributed by atoms with Gasteiger partial charge in [-0.05, 0) is 100 Å². The van der Waals surface area contributed by atoms with Crippen LogP contribution in [0.2, 0.25) is 0 Å². The Morgan fingerprint density at radius 2 is 0.839 bits per heavy atom. The normalized spacial score (nSPS) is 13.0. The number of ether oxygens (including phenoxy) is 6. The number of carbonyl (C=O) groups excluding carboxylic acids is 3. The van der Waals surface area contributed by atoms with Gasteiger partial charge in [0.2, 0.25) is 0 Å². The van der Waals surface area contributed by atoms with Crippen LogP contribution in [0.5, 0.6) is 17.2 Å². The monoisotopic (exact) mass is 774 g/mol. The van der Waals surface area contributed by atoms with E-state index in [9.17, 15) is 29.7 Å². The van der Waals surface area contributed by atoms with Crippen LogP contribution in [0.4, 0.5) is 0 Å². The first-order valence-electron chi connectivity index (χ1n) is 18.1. The van der Waals surface area contributed by atoms with Gasteiger partial charge in [0.1, 0.15) is 75.2 Å². The Labute approximate surface area is 329 Å². The van der Waals surface area contributed by atoms with Crippen LogP contribution in [0.1, 0.15) is 65.6 Å². The summed E-state index contributed by atoms with van der Waals surface area (Å²) in [5.41, 5.74) is 6.60. The van der Waals surface area contributed by atoms with Gasteiger partial charge in [0.15, 0.2) is 0 Å². The molecule has 12 heteroatoms. The molecule has 0 saturated heterocycles. The molecular formula is C44H54O12. The van der Waals surface area contributed by atoms with Crippen molar-refractivity contribution in [1.82, 2.24) is 0 Å². The second-order valence-electron chi connectivity index (χ2n) is 14.0. The highest BCUT2D eigenvalue weighted by atomic mass is 16.6. The van der Waals surface area contributed by atoms with Crippen molar-refractivity contribution in [1.29, 1.82) is 0 Å². The lowest BCUT2D eigenvalue weighted by Crippen LogP contribution is -2.26. The number of esters is 3. The molecule has 3 unspecified atom stereocenters. The van der Waals surface area contributed by atoms with Gasteiger partial charge < -0.3 is 43.7 Å². The molecule has 0 aliphatic carbocycles. The van der Waals surface area contributed by atoms with Gasteiger partial charge in [0.25, 0.3) is 0 Å². The Balaban J connectivity index is 2.00. The predicted octanol–water partition coefficient (Wildman–Crippen LogP) is 5.68. The Morgan fingerprint density at radius 3 is 1.20 bits per heavy atom. The molecule has 0 amide bonds. The third-order valence-electron chi connectivity index (χ3n) is 8.54. The first-order chi connectivity index (χ1) is 26.4. The van der Waals surface area contributed by atoms with Crippen molar-refractivity contribution in [3.63, 3.8) is 0 Å². The lowest BCUT2D eigenvalue weighted by molar-refractivity contribution is -0.143. The third kappa shape index (κ3) is 13.1. The maximum atomic E-state index is 11.9. The van der Waals surface area contributed by atoms with Crippen LogP contribution < -0.4 is 14.2 Å². The Bertz CT molecular complexity index is 1820. The molecule has 0 aliphatic heterocycles. The number of hydrogen-bond acceptors (Lipinski definition) is 12. The van der Waals surface area contributed by atoms with Gasteiger partial charge in [0, 0.05) is 28.2 Å². The van der Waals surface area contributed by atoms with Gasteiger partial charge >= 0.3 is 17.9 Å². The van der Waals surface area contributed by atoms with Crippen molar-refractivity contribution in [3.05, 3.63) is 124 Å². The van der Waals surface area contributed by atoms with Crippen LogP contribution in [-0.4, -0.2) is 91.2 Å². The number of carbonyl (C=O) groups is 3. The van der Waals surface area contributed by atoms with Gasteiger partial charge in [-0.2, -0.15) is 0 Å². The summed E-state index contributed by atoms with van der Waals surface area (Å²) in [6, 6.07) is 15.2. The van der Waals surface area contributed by atoms with Crippen molar-refractivity contribution in [2.75, 3.05) is 39.6 Å². The molecule has 3 atom stereocenters. The van der Waals surface area contributed by atoms with E-state index < -0.39 is 42.1 Å². The summed E-state index contributed by atoms with van der Waals surface area (Å²) < 4.78 is 33.4. The first-order valence-corrected chi connectivity index (χ1v) is 18.1. The van der Waals surface area contributed by atoms with Crippen molar-refractivity contribution in [2.45, 2.75) is 72.7 Å². The molecule has 3 rings (SSSR count). The molecular weight excluding hydrogens is 720 g/mol. The summed E-state index contributed by atoms with van der Waals surface area (Å²) in [6.07, 6.45) is -3.23. The summed E-state index contributed by atoms with van der Waals surface area (Å²) in [6.45, 7) is 21.8. The average molecular weight is 775 g/mol. The SMILES string of the molecule is C=C(C)C(=O)OCC(O)COc1cc(C)c(C(c2cc(C)c(OCC(O)COC(=O)C(=C)C)cc2C)c2ccccc2OCC(O)COC(=O)C(=C)C)cc1C. The molecule has 3 aromatic rings. The molecule has 0 fully saturated rings. The number of aliphatic hydroxyl groups is 3. The van der Waals surface area contributed by atoms with Crippen LogP contribution in [0.3, 0.4) is 0 Å². The summed E-state index contributed by atoms with van der Waals surface area (Å²) in [4.78, 5) is 35.4. The van der Waals surface area contributed by atoms with E-state index in [0.717, 1.165) is 38.9 Å². The molecule has 0 radical (unpaired) electrons. The molecule has 0 bridgehead atoms. The van der Waals surface area contributed by atoms with Crippen molar-refractivity contribution >= 4 is 17.9 Å². The predicted molar refractivity (Wildman–Crippen MR) is 211 cm³/mol. The highest BCUT2D eigenvalue weighted by Gasteiger charge is 2.27.